The normalized spacial score (nSPS) is 17.4. The number of halogens is 2. The number of likely N-dealkylation sites (N-methyl/N-ethyl adjacent to an activating group) is 1. The summed E-state index contributed by atoms with van der Waals surface area (Å²) in [4.78, 5) is 13.8. The Morgan fingerprint density at radius 3 is 2.39 bits per heavy atom. The van der Waals surface area contributed by atoms with Crippen LogP contribution in [0.4, 0.5) is 0 Å². The van der Waals surface area contributed by atoms with Crippen molar-refractivity contribution in [2.75, 3.05) is 13.6 Å². The second-order valence-corrected chi connectivity index (χ2v) is 5.07. The van der Waals surface area contributed by atoms with Crippen molar-refractivity contribution >= 4 is 30.7 Å². The minimum absolute atomic E-state index is 0. The quantitative estimate of drug-likeness (QED) is 0.750. The zero-order valence-corrected chi connectivity index (χ0v) is 13.1. The Bertz CT molecular complexity index is 235. The van der Waals surface area contributed by atoms with E-state index < -0.39 is 0 Å². The van der Waals surface area contributed by atoms with E-state index in [0.717, 1.165) is 19.0 Å². The SMILES string of the molecule is CC(N)CCC(=O)NCC(C)N(C)C1CC1.Cl.Cl. The topological polar surface area (TPSA) is 58.4 Å². The van der Waals surface area contributed by atoms with Gasteiger partial charge in [0, 0.05) is 31.1 Å². The number of amides is 1. The van der Waals surface area contributed by atoms with Crippen molar-refractivity contribution in [3.8, 4) is 0 Å². The molecule has 2 unspecified atom stereocenters. The first-order valence-electron chi connectivity index (χ1n) is 6.25. The summed E-state index contributed by atoms with van der Waals surface area (Å²) in [6.45, 7) is 4.83. The summed E-state index contributed by atoms with van der Waals surface area (Å²) in [6.07, 6.45) is 3.91. The fraction of sp³-hybridized carbons (Fsp3) is 0.917. The van der Waals surface area contributed by atoms with Crippen LogP contribution in [-0.2, 0) is 4.79 Å². The van der Waals surface area contributed by atoms with E-state index in [4.69, 9.17) is 5.73 Å². The number of nitrogens with zero attached hydrogens (tertiary/aromatic N) is 1. The van der Waals surface area contributed by atoms with E-state index in [-0.39, 0.29) is 36.8 Å². The highest BCUT2D eigenvalue weighted by Crippen LogP contribution is 2.26. The van der Waals surface area contributed by atoms with Gasteiger partial charge in [-0.25, -0.2) is 0 Å². The molecule has 6 heteroatoms. The summed E-state index contributed by atoms with van der Waals surface area (Å²) in [7, 11) is 2.14. The van der Waals surface area contributed by atoms with Gasteiger partial charge in [0.1, 0.15) is 0 Å². The van der Waals surface area contributed by atoms with Crippen LogP contribution in [0, 0.1) is 0 Å². The van der Waals surface area contributed by atoms with Gasteiger partial charge in [0.15, 0.2) is 0 Å². The van der Waals surface area contributed by atoms with Crippen LogP contribution < -0.4 is 11.1 Å². The molecule has 1 saturated carbocycles. The van der Waals surface area contributed by atoms with Crippen molar-refractivity contribution in [2.45, 2.75) is 57.7 Å². The molecular weight excluding hydrogens is 273 g/mol. The number of hydrogen-bond donors (Lipinski definition) is 2. The lowest BCUT2D eigenvalue weighted by Gasteiger charge is -2.24. The molecule has 110 valence electrons. The predicted octanol–water partition coefficient (Wildman–Crippen LogP) is 1.56. The molecule has 0 aliphatic heterocycles. The van der Waals surface area contributed by atoms with E-state index in [0.29, 0.717) is 12.5 Å². The van der Waals surface area contributed by atoms with Crippen LogP contribution in [0.3, 0.4) is 0 Å². The summed E-state index contributed by atoms with van der Waals surface area (Å²) in [5, 5.41) is 2.97. The van der Waals surface area contributed by atoms with Gasteiger partial charge in [0.25, 0.3) is 0 Å². The van der Waals surface area contributed by atoms with Gasteiger partial charge in [-0.3, -0.25) is 9.69 Å². The van der Waals surface area contributed by atoms with Gasteiger partial charge in [0.05, 0.1) is 0 Å². The molecule has 0 radical (unpaired) electrons. The third kappa shape index (κ3) is 8.14. The molecule has 1 aliphatic carbocycles. The van der Waals surface area contributed by atoms with Crippen molar-refractivity contribution in [3.05, 3.63) is 0 Å². The molecule has 0 heterocycles. The van der Waals surface area contributed by atoms with Crippen molar-refractivity contribution in [2.24, 2.45) is 5.73 Å². The fourth-order valence-electron chi connectivity index (χ4n) is 1.69. The number of nitrogens with one attached hydrogen (secondary N) is 1. The molecule has 0 aromatic carbocycles. The Labute approximate surface area is 123 Å². The molecule has 0 spiro atoms. The van der Waals surface area contributed by atoms with Crippen LogP contribution in [0.15, 0.2) is 0 Å². The first-order chi connectivity index (χ1) is 7.50. The maximum absolute atomic E-state index is 11.5. The number of nitrogens with two attached hydrogens (primary N) is 1. The minimum atomic E-state index is 0. The maximum Gasteiger partial charge on any atom is 0.220 e. The van der Waals surface area contributed by atoms with Crippen LogP contribution in [0.5, 0.6) is 0 Å². The Hall–Kier alpha value is -0.0300. The van der Waals surface area contributed by atoms with Gasteiger partial charge in [-0.05, 0) is 40.2 Å². The lowest BCUT2D eigenvalue weighted by atomic mass is 10.2. The molecule has 0 saturated heterocycles. The molecule has 1 fully saturated rings. The summed E-state index contributed by atoms with van der Waals surface area (Å²) >= 11 is 0. The van der Waals surface area contributed by atoms with Crippen molar-refractivity contribution in [1.29, 1.82) is 0 Å². The number of carbonyl (C=O) groups excluding carboxylic acids is 1. The first-order valence-corrected chi connectivity index (χ1v) is 6.25. The van der Waals surface area contributed by atoms with Gasteiger partial charge in [-0.15, -0.1) is 24.8 Å². The molecule has 0 bridgehead atoms. The maximum atomic E-state index is 11.5. The fourth-order valence-corrected chi connectivity index (χ4v) is 1.69. The van der Waals surface area contributed by atoms with E-state index in [1.54, 1.807) is 0 Å². The molecule has 1 aliphatic rings. The summed E-state index contributed by atoms with van der Waals surface area (Å²) < 4.78 is 0. The van der Waals surface area contributed by atoms with Gasteiger partial charge in [0.2, 0.25) is 5.91 Å². The number of carbonyl (C=O) groups is 1. The molecule has 4 nitrogen and oxygen atoms in total. The standard InChI is InChI=1S/C12H25N3O.2ClH/c1-9(13)4-7-12(16)14-8-10(2)15(3)11-5-6-11;;/h9-11H,4-8,13H2,1-3H3,(H,14,16);2*1H. The second-order valence-electron chi connectivity index (χ2n) is 5.07. The smallest absolute Gasteiger partial charge is 0.220 e. The molecule has 1 rings (SSSR count). The molecule has 0 aromatic heterocycles. The molecule has 2 atom stereocenters. The van der Waals surface area contributed by atoms with E-state index in [2.05, 4.69) is 24.2 Å². The molecule has 0 aromatic rings. The van der Waals surface area contributed by atoms with E-state index in [1.807, 2.05) is 6.92 Å². The largest absolute Gasteiger partial charge is 0.355 e. The highest BCUT2D eigenvalue weighted by Gasteiger charge is 2.28. The van der Waals surface area contributed by atoms with Gasteiger partial charge in [-0.2, -0.15) is 0 Å². The van der Waals surface area contributed by atoms with Crippen molar-refractivity contribution in [1.82, 2.24) is 10.2 Å². The predicted molar refractivity (Wildman–Crippen MR) is 80.6 cm³/mol. The van der Waals surface area contributed by atoms with Gasteiger partial charge < -0.3 is 11.1 Å². The highest BCUT2D eigenvalue weighted by molar-refractivity contribution is 5.85. The minimum Gasteiger partial charge on any atom is -0.355 e. The monoisotopic (exact) mass is 299 g/mol. The van der Waals surface area contributed by atoms with Crippen molar-refractivity contribution < 1.29 is 4.79 Å². The second kappa shape index (κ2) is 9.84. The Morgan fingerprint density at radius 2 is 1.94 bits per heavy atom. The average molecular weight is 300 g/mol. The lowest BCUT2D eigenvalue weighted by Crippen LogP contribution is -2.41. The van der Waals surface area contributed by atoms with Crippen LogP contribution in [0.1, 0.15) is 39.5 Å². The number of hydrogen-bond acceptors (Lipinski definition) is 3. The van der Waals surface area contributed by atoms with Crippen LogP contribution >= 0.6 is 24.8 Å². The van der Waals surface area contributed by atoms with Gasteiger partial charge >= 0.3 is 0 Å². The molecule has 1 amide bonds. The van der Waals surface area contributed by atoms with Crippen LogP contribution in [0.2, 0.25) is 0 Å². The summed E-state index contributed by atoms with van der Waals surface area (Å²) in [5.74, 6) is 0.119. The first kappa shape index (κ1) is 20.3. The third-order valence-corrected chi connectivity index (χ3v) is 3.24. The summed E-state index contributed by atoms with van der Waals surface area (Å²) in [6, 6.07) is 1.28. The lowest BCUT2D eigenvalue weighted by molar-refractivity contribution is -0.121. The zero-order valence-electron chi connectivity index (χ0n) is 11.5. The van der Waals surface area contributed by atoms with Crippen LogP contribution in [0.25, 0.3) is 0 Å². The highest BCUT2D eigenvalue weighted by atomic mass is 35.5. The van der Waals surface area contributed by atoms with Gasteiger partial charge in [-0.1, -0.05) is 0 Å². The third-order valence-electron chi connectivity index (χ3n) is 3.24. The van der Waals surface area contributed by atoms with Crippen LogP contribution in [-0.4, -0.2) is 42.5 Å². The van der Waals surface area contributed by atoms with E-state index in [1.165, 1.54) is 12.8 Å². The molecule has 3 N–H and O–H groups in total. The molecule has 18 heavy (non-hydrogen) atoms. The Morgan fingerprint density at radius 1 is 1.39 bits per heavy atom. The van der Waals surface area contributed by atoms with E-state index >= 15 is 0 Å². The zero-order chi connectivity index (χ0) is 12.1. The summed E-state index contributed by atoms with van der Waals surface area (Å²) in [5.41, 5.74) is 5.60. The average Bonchev–Trinajstić information content (AvgIpc) is 3.05. The Balaban J connectivity index is 0. The van der Waals surface area contributed by atoms with E-state index in [9.17, 15) is 4.79 Å². The van der Waals surface area contributed by atoms with Crippen molar-refractivity contribution in [3.63, 3.8) is 0 Å². The Kier molecular flexibility index (Phi) is 11.1. The number of rotatable bonds is 7. The molecular formula is C12H27Cl2N3O.